The number of ether oxygens (including phenoxy) is 1. The van der Waals surface area contributed by atoms with Crippen LogP contribution in [0.3, 0.4) is 0 Å². The molecule has 0 unspecified atom stereocenters. The molecular formula is C21H31IN6O2. The monoisotopic (exact) mass is 526 g/mol. The number of aliphatic imine (C=N–C) groups is 1. The molecule has 0 aromatic carbocycles. The van der Waals surface area contributed by atoms with Gasteiger partial charge in [-0.15, -0.1) is 24.0 Å². The van der Waals surface area contributed by atoms with Crippen LogP contribution >= 0.6 is 24.0 Å². The number of halogens is 1. The van der Waals surface area contributed by atoms with Gasteiger partial charge in [0.15, 0.2) is 5.96 Å². The smallest absolute Gasteiger partial charge is 0.213 e. The second-order valence-electron chi connectivity index (χ2n) is 7.68. The summed E-state index contributed by atoms with van der Waals surface area (Å²) in [6.45, 7) is 5.35. The summed E-state index contributed by atoms with van der Waals surface area (Å²) in [6, 6.07) is 5.98. The number of guanidine groups is 1. The lowest BCUT2D eigenvalue weighted by atomic mass is 10.2. The predicted molar refractivity (Wildman–Crippen MR) is 126 cm³/mol. The van der Waals surface area contributed by atoms with Gasteiger partial charge in [-0.1, -0.05) is 5.16 Å². The molecule has 3 heterocycles. The Morgan fingerprint density at radius 2 is 2.03 bits per heavy atom. The number of piperazine rings is 1. The Labute approximate surface area is 195 Å². The first kappa shape index (κ1) is 22.8. The number of nitrogens with one attached hydrogen (secondary N) is 1. The van der Waals surface area contributed by atoms with Crippen LogP contribution in [0.1, 0.15) is 36.9 Å². The summed E-state index contributed by atoms with van der Waals surface area (Å²) >= 11 is 0. The maximum absolute atomic E-state index is 6.02. The van der Waals surface area contributed by atoms with Gasteiger partial charge in [-0.05, 0) is 37.3 Å². The minimum absolute atomic E-state index is 0. The zero-order valence-electron chi connectivity index (χ0n) is 17.5. The fourth-order valence-corrected chi connectivity index (χ4v) is 3.98. The number of aromatic nitrogens is 2. The van der Waals surface area contributed by atoms with E-state index < -0.39 is 0 Å². The second kappa shape index (κ2) is 11.5. The lowest BCUT2D eigenvalue weighted by Crippen LogP contribution is -2.52. The standard InChI is InChI=1S/C21H30N6O2.HI/c1-22-21(27-11-9-26(10-12-27)16-18-7-13-28-25-18)24-15-17-6-8-23-20(14-17)29-19-4-2-3-5-19;/h6-8,13-14,19H,2-5,9-12,15-16H2,1H3,(H,22,24);1H. The Morgan fingerprint density at radius 1 is 1.23 bits per heavy atom. The van der Waals surface area contributed by atoms with Gasteiger partial charge in [-0.25, -0.2) is 4.98 Å². The van der Waals surface area contributed by atoms with E-state index in [4.69, 9.17) is 9.26 Å². The average molecular weight is 526 g/mol. The first-order valence-electron chi connectivity index (χ1n) is 10.5. The molecule has 8 nitrogen and oxygen atoms in total. The molecule has 1 aliphatic carbocycles. The molecular weight excluding hydrogens is 495 g/mol. The van der Waals surface area contributed by atoms with Gasteiger partial charge in [0.2, 0.25) is 5.88 Å². The summed E-state index contributed by atoms with van der Waals surface area (Å²) in [6.07, 6.45) is 8.57. The van der Waals surface area contributed by atoms with Crippen LogP contribution in [0.5, 0.6) is 5.88 Å². The van der Waals surface area contributed by atoms with Crippen LogP contribution in [0.15, 0.2) is 40.2 Å². The lowest BCUT2D eigenvalue weighted by Gasteiger charge is -2.36. The Bertz CT molecular complexity index is 787. The van der Waals surface area contributed by atoms with Gasteiger partial charge >= 0.3 is 0 Å². The number of hydrogen-bond acceptors (Lipinski definition) is 6. The molecule has 2 fully saturated rings. The topological polar surface area (TPSA) is 79.0 Å². The van der Waals surface area contributed by atoms with Gasteiger partial charge in [-0.2, -0.15) is 0 Å². The molecule has 1 saturated carbocycles. The van der Waals surface area contributed by atoms with Gasteiger partial charge in [0.1, 0.15) is 12.4 Å². The molecule has 0 atom stereocenters. The third-order valence-corrected chi connectivity index (χ3v) is 5.60. The highest BCUT2D eigenvalue weighted by Crippen LogP contribution is 2.23. The number of pyridine rings is 1. The third kappa shape index (κ3) is 6.31. The zero-order chi connectivity index (χ0) is 19.9. The maximum Gasteiger partial charge on any atom is 0.213 e. The summed E-state index contributed by atoms with van der Waals surface area (Å²) in [7, 11) is 1.84. The molecule has 9 heteroatoms. The third-order valence-electron chi connectivity index (χ3n) is 5.60. The van der Waals surface area contributed by atoms with Crippen molar-refractivity contribution in [2.45, 2.75) is 44.9 Å². The SMILES string of the molecule is CN=C(NCc1ccnc(OC2CCCC2)c1)N1CCN(Cc2ccon2)CC1.I. The van der Waals surface area contributed by atoms with Crippen LogP contribution in [0.2, 0.25) is 0 Å². The van der Waals surface area contributed by atoms with Crippen molar-refractivity contribution in [3.05, 3.63) is 41.9 Å². The number of hydrogen-bond donors (Lipinski definition) is 1. The quantitative estimate of drug-likeness (QED) is 0.353. The van der Waals surface area contributed by atoms with Crippen molar-refractivity contribution < 1.29 is 9.26 Å². The average Bonchev–Trinajstić information content (AvgIpc) is 3.44. The van der Waals surface area contributed by atoms with E-state index in [9.17, 15) is 0 Å². The molecule has 1 N–H and O–H groups in total. The normalized spacial score (nSPS) is 18.3. The van der Waals surface area contributed by atoms with Crippen LogP contribution in [0.25, 0.3) is 0 Å². The molecule has 0 bridgehead atoms. The largest absolute Gasteiger partial charge is 0.474 e. The maximum atomic E-state index is 6.02. The Morgan fingerprint density at radius 3 is 2.73 bits per heavy atom. The fraction of sp³-hybridized carbons (Fsp3) is 0.571. The van der Waals surface area contributed by atoms with E-state index in [1.165, 1.54) is 12.8 Å². The van der Waals surface area contributed by atoms with Gasteiger partial charge in [0.05, 0.1) is 5.69 Å². The molecule has 2 aromatic rings. The van der Waals surface area contributed by atoms with Crippen LogP contribution in [-0.2, 0) is 13.1 Å². The summed E-state index contributed by atoms with van der Waals surface area (Å²) in [4.78, 5) is 13.5. The molecule has 2 aromatic heterocycles. The van der Waals surface area contributed by atoms with Crippen molar-refractivity contribution in [1.82, 2.24) is 25.3 Å². The summed E-state index contributed by atoms with van der Waals surface area (Å²) < 4.78 is 10.9. The molecule has 1 aliphatic heterocycles. The van der Waals surface area contributed by atoms with Crippen molar-refractivity contribution in [1.29, 1.82) is 0 Å². The molecule has 30 heavy (non-hydrogen) atoms. The zero-order valence-corrected chi connectivity index (χ0v) is 19.8. The first-order valence-corrected chi connectivity index (χ1v) is 10.5. The van der Waals surface area contributed by atoms with Crippen LogP contribution < -0.4 is 10.1 Å². The van der Waals surface area contributed by atoms with E-state index in [0.717, 1.165) is 68.7 Å². The Kier molecular flexibility index (Phi) is 8.74. The first-order chi connectivity index (χ1) is 14.3. The molecule has 0 radical (unpaired) electrons. The van der Waals surface area contributed by atoms with E-state index in [-0.39, 0.29) is 24.0 Å². The van der Waals surface area contributed by atoms with E-state index in [1.54, 1.807) is 6.26 Å². The van der Waals surface area contributed by atoms with Gasteiger partial charge in [0, 0.05) is 64.6 Å². The highest BCUT2D eigenvalue weighted by molar-refractivity contribution is 14.0. The summed E-state index contributed by atoms with van der Waals surface area (Å²) in [5, 5.41) is 7.48. The molecule has 0 amide bonds. The predicted octanol–water partition coefficient (Wildman–Crippen LogP) is 2.90. The van der Waals surface area contributed by atoms with Crippen molar-refractivity contribution in [2.24, 2.45) is 4.99 Å². The minimum Gasteiger partial charge on any atom is -0.474 e. The van der Waals surface area contributed by atoms with Gasteiger partial charge < -0.3 is 19.5 Å². The number of nitrogens with zero attached hydrogens (tertiary/aromatic N) is 5. The highest BCUT2D eigenvalue weighted by Gasteiger charge is 2.20. The number of rotatable bonds is 6. The van der Waals surface area contributed by atoms with E-state index in [0.29, 0.717) is 12.6 Å². The molecule has 2 aliphatic rings. The summed E-state index contributed by atoms with van der Waals surface area (Å²) in [5.74, 6) is 1.66. The van der Waals surface area contributed by atoms with E-state index in [1.807, 2.05) is 31.4 Å². The van der Waals surface area contributed by atoms with E-state index >= 15 is 0 Å². The van der Waals surface area contributed by atoms with Crippen molar-refractivity contribution >= 4 is 29.9 Å². The van der Waals surface area contributed by atoms with Gasteiger partial charge in [-0.3, -0.25) is 9.89 Å². The van der Waals surface area contributed by atoms with Crippen LogP contribution in [0.4, 0.5) is 0 Å². The Hall–Kier alpha value is -1.88. The fourth-order valence-electron chi connectivity index (χ4n) is 3.98. The minimum atomic E-state index is 0. The summed E-state index contributed by atoms with van der Waals surface area (Å²) in [5.41, 5.74) is 2.13. The molecule has 164 valence electrons. The van der Waals surface area contributed by atoms with Crippen molar-refractivity contribution in [2.75, 3.05) is 33.2 Å². The second-order valence-corrected chi connectivity index (χ2v) is 7.68. The highest BCUT2D eigenvalue weighted by atomic mass is 127. The van der Waals surface area contributed by atoms with Crippen molar-refractivity contribution in [3.63, 3.8) is 0 Å². The van der Waals surface area contributed by atoms with Gasteiger partial charge in [0.25, 0.3) is 0 Å². The Balaban J connectivity index is 0.00000256. The lowest BCUT2D eigenvalue weighted by molar-refractivity contribution is 0.169. The van der Waals surface area contributed by atoms with Crippen LogP contribution in [0, 0.1) is 0 Å². The van der Waals surface area contributed by atoms with Crippen LogP contribution in [-0.4, -0.2) is 65.2 Å². The van der Waals surface area contributed by atoms with E-state index in [2.05, 4.69) is 30.2 Å². The van der Waals surface area contributed by atoms with Crippen molar-refractivity contribution in [3.8, 4) is 5.88 Å². The molecule has 0 spiro atoms. The molecule has 1 saturated heterocycles. The molecule has 4 rings (SSSR count).